The number of hydrogen-bond donors (Lipinski definition) is 1. The van der Waals surface area contributed by atoms with Gasteiger partial charge in [0.2, 0.25) is 0 Å². The maximum Gasteiger partial charge on any atom is 0.435 e. The first-order valence-corrected chi connectivity index (χ1v) is 11.5. The molecule has 10 nitrogen and oxygen atoms in total. The lowest BCUT2D eigenvalue weighted by molar-refractivity contribution is -0.142. The van der Waals surface area contributed by atoms with Crippen molar-refractivity contribution < 1.29 is 45.8 Å². The second-order valence-corrected chi connectivity index (χ2v) is 8.00. The zero-order valence-corrected chi connectivity index (χ0v) is 21.1. The van der Waals surface area contributed by atoms with E-state index in [9.17, 15) is 35.9 Å². The monoisotopic (exact) mass is 590 g/mol. The van der Waals surface area contributed by atoms with Gasteiger partial charge in [0.15, 0.2) is 22.8 Å². The number of ether oxygens (including phenoxy) is 1. The van der Waals surface area contributed by atoms with Gasteiger partial charge in [-0.15, -0.1) is 0 Å². The number of nitrogens with zero attached hydrogens (tertiary/aromatic N) is 6. The number of rotatable bonds is 5. The Morgan fingerprint density at radius 1 is 0.810 bits per heavy atom. The van der Waals surface area contributed by atoms with Gasteiger partial charge in [0.05, 0.1) is 41.2 Å². The zero-order valence-electron chi connectivity index (χ0n) is 21.1. The molecule has 2 aromatic carbocycles. The van der Waals surface area contributed by atoms with E-state index in [0.29, 0.717) is 16.8 Å². The zero-order chi connectivity index (χ0) is 31.2. The summed E-state index contributed by atoms with van der Waals surface area (Å²) >= 11 is 0. The summed E-state index contributed by atoms with van der Waals surface area (Å²) < 4.78 is 82.4. The molecule has 16 heteroatoms. The number of carboxylic acids is 1. The molecule has 0 radical (unpaired) electrons. The fourth-order valence-electron chi connectivity index (χ4n) is 3.35. The summed E-state index contributed by atoms with van der Waals surface area (Å²) in [4.78, 5) is 22.8. The average molecular weight is 590 g/mol. The Balaban J connectivity index is 0.000000231. The van der Waals surface area contributed by atoms with Crippen molar-refractivity contribution in [2.24, 2.45) is 0 Å². The number of halogens is 6. The number of carbonyl (C=O) groups is 2. The van der Waals surface area contributed by atoms with Gasteiger partial charge >= 0.3 is 24.3 Å². The van der Waals surface area contributed by atoms with Crippen molar-refractivity contribution in [2.45, 2.75) is 19.3 Å². The largest absolute Gasteiger partial charge is 0.477 e. The Morgan fingerprint density at radius 3 is 1.62 bits per heavy atom. The molecule has 216 valence electrons. The highest BCUT2D eigenvalue weighted by Crippen LogP contribution is 2.31. The van der Waals surface area contributed by atoms with Gasteiger partial charge in [-0.05, 0) is 43.3 Å². The normalized spacial score (nSPS) is 11.1. The van der Waals surface area contributed by atoms with Crippen molar-refractivity contribution in [3.05, 3.63) is 94.6 Å². The fourth-order valence-corrected chi connectivity index (χ4v) is 3.35. The number of aromatic nitrogens is 4. The van der Waals surface area contributed by atoms with E-state index in [-0.39, 0.29) is 34.8 Å². The molecular formula is C26H16F6N6O4. The molecule has 0 aliphatic rings. The van der Waals surface area contributed by atoms with E-state index < -0.39 is 41.4 Å². The number of hydrogen-bond acceptors (Lipinski definition) is 7. The Bertz CT molecular complexity index is 1710. The average Bonchev–Trinajstić information content (AvgIpc) is 3.60. The van der Waals surface area contributed by atoms with Crippen LogP contribution in [0.1, 0.15) is 50.4 Å². The Kier molecular flexibility index (Phi) is 9.02. The van der Waals surface area contributed by atoms with Crippen LogP contribution in [0.2, 0.25) is 0 Å². The Morgan fingerprint density at radius 2 is 1.24 bits per heavy atom. The van der Waals surface area contributed by atoms with Crippen molar-refractivity contribution in [1.82, 2.24) is 19.6 Å². The van der Waals surface area contributed by atoms with Crippen LogP contribution < -0.4 is 0 Å². The van der Waals surface area contributed by atoms with E-state index in [1.54, 1.807) is 6.92 Å². The number of benzene rings is 2. The molecule has 0 saturated heterocycles. The molecule has 2 heterocycles. The quantitative estimate of drug-likeness (QED) is 0.240. The van der Waals surface area contributed by atoms with Crippen molar-refractivity contribution >= 4 is 11.9 Å². The number of esters is 1. The van der Waals surface area contributed by atoms with E-state index in [1.165, 1.54) is 48.5 Å². The first-order chi connectivity index (χ1) is 19.7. The van der Waals surface area contributed by atoms with Gasteiger partial charge in [-0.3, -0.25) is 0 Å². The van der Waals surface area contributed by atoms with Crippen LogP contribution in [0.15, 0.2) is 60.7 Å². The van der Waals surface area contributed by atoms with Crippen LogP contribution >= 0.6 is 0 Å². The molecular weight excluding hydrogens is 574 g/mol. The number of carboxylic acid groups (broad SMARTS) is 1. The van der Waals surface area contributed by atoms with Gasteiger partial charge in [0.25, 0.3) is 0 Å². The molecule has 1 N–H and O–H groups in total. The third kappa shape index (κ3) is 7.11. The predicted octanol–water partition coefficient (Wildman–Crippen LogP) is 5.40. The van der Waals surface area contributed by atoms with Gasteiger partial charge < -0.3 is 9.84 Å². The number of nitriles is 2. The third-order valence-corrected chi connectivity index (χ3v) is 5.14. The van der Waals surface area contributed by atoms with E-state index in [4.69, 9.17) is 20.4 Å². The molecule has 0 unspecified atom stereocenters. The smallest absolute Gasteiger partial charge is 0.435 e. The first-order valence-electron chi connectivity index (χ1n) is 11.5. The molecule has 4 rings (SSSR count). The minimum atomic E-state index is -4.75. The van der Waals surface area contributed by atoms with Gasteiger partial charge in [-0.1, -0.05) is 12.1 Å². The lowest BCUT2D eigenvalue weighted by atomic mass is 10.2. The second-order valence-electron chi connectivity index (χ2n) is 8.00. The highest BCUT2D eigenvalue weighted by atomic mass is 19.4. The summed E-state index contributed by atoms with van der Waals surface area (Å²) in [5.41, 5.74) is -2.86. The summed E-state index contributed by atoms with van der Waals surface area (Å²) in [5.74, 6) is -2.47. The molecule has 0 fully saturated rings. The highest BCUT2D eigenvalue weighted by Gasteiger charge is 2.37. The highest BCUT2D eigenvalue weighted by molar-refractivity contribution is 5.88. The van der Waals surface area contributed by atoms with E-state index in [1.807, 2.05) is 12.1 Å². The SMILES string of the molecule is CCOC(=O)c1cc(C(F)(F)F)nn1-c1cccc(C#N)c1.N#Cc1cccc(-n2nc(C(F)(F)F)cc2C(=O)O)c1. The van der Waals surface area contributed by atoms with E-state index >= 15 is 0 Å². The van der Waals surface area contributed by atoms with Gasteiger partial charge in [0, 0.05) is 12.1 Å². The first kappa shape index (κ1) is 30.9. The van der Waals surface area contributed by atoms with Gasteiger partial charge in [-0.2, -0.15) is 47.1 Å². The fraction of sp³-hybridized carbons (Fsp3) is 0.154. The Hall–Kier alpha value is -5.64. The second kappa shape index (κ2) is 12.3. The van der Waals surface area contributed by atoms with Crippen LogP contribution in [0.5, 0.6) is 0 Å². The minimum Gasteiger partial charge on any atom is -0.477 e. The number of carbonyl (C=O) groups excluding carboxylic acids is 1. The molecule has 0 aliphatic heterocycles. The minimum absolute atomic E-state index is 0.0175. The van der Waals surface area contributed by atoms with Crippen LogP contribution in [0, 0.1) is 22.7 Å². The molecule has 2 aromatic heterocycles. The molecule has 0 saturated carbocycles. The topological polar surface area (TPSA) is 147 Å². The van der Waals surface area contributed by atoms with Crippen molar-refractivity contribution in [3.8, 4) is 23.5 Å². The standard InChI is InChI=1S/C14H10F3N3O2.C12H6F3N3O2/c1-2-22-13(21)11-7-12(14(15,16)17)19-20(11)10-5-3-4-9(6-10)8-18;13-12(14,15)10-5-9(11(19)20)18(17-10)8-3-1-2-7(4-8)6-16/h3-7H,2H2,1H3;1-5H,(H,19,20). The van der Waals surface area contributed by atoms with Gasteiger partial charge in [0.1, 0.15) is 0 Å². The molecule has 0 bridgehead atoms. The summed E-state index contributed by atoms with van der Waals surface area (Å²) in [6, 6.07) is 16.0. The van der Waals surface area contributed by atoms with Crippen LogP contribution in [0.3, 0.4) is 0 Å². The van der Waals surface area contributed by atoms with Crippen LogP contribution in [-0.4, -0.2) is 43.2 Å². The predicted molar refractivity (Wildman–Crippen MR) is 129 cm³/mol. The molecule has 4 aromatic rings. The van der Waals surface area contributed by atoms with E-state index in [2.05, 4.69) is 10.2 Å². The maximum absolute atomic E-state index is 12.8. The van der Waals surface area contributed by atoms with E-state index in [0.717, 1.165) is 4.68 Å². The summed E-state index contributed by atoms with van der Waals surface area (Å²) in [7, 11) is 0. The van der Waals surface area contributed by atoms with Crippen LogP contribution in [0.4, 0.5) is 26.3 Å². The summed E-state index contributed by atoms with van der Waals surface area (Å²) in [6.45, 7) is 1.56. The Labute approximate surface area is 232 Å². The molecule has 0 spiro atoms. The lowest BCUT2D eigenvalue weighted by Crippen LogP contribution is -2.12. The molecule has 42 heavy (non-hydrogen) atoms. The van der Waals surface area contributed by atoms with Crippen molar-refractivity contribution in [3.63, 3.8) is 0 Å². The number of aromatic carboxylic acids is 1. The van der Waals surface area contributed by atoms with Gasteiger partial charge in [-0.25, -0.2) is 19.0 Å². The van der Waals surface area contributed by atoms with Crippen molar-refractivity contribution in [2.75, 3.05) is 6.61 Å². The van der Waals surface area contributed by atoms with Crippen LogP contribution in [0.25, 0.3) is 11.4 Å². The number of alkyl halides is 6. The summed E-state index contributed by atoms with van der Waals surface area (Å²) in [5, 5.41) is 33.2. The maximum atomic E-state index is 12.8. The van der Waals surface area contributed by atoms with Crippen molar-refractivity contribution in [1.29, 1.82) is 10.5 Å². The lowest BCUT2D eigenvalue weighted by Gasteiger charge is -2.07. The molecule has 0 atom stereocenters. The molecule has 0 amide bonds. The molecule has 0 aliphatic carbocycles. The summed E-state index contributed by atoms with van der Waals surface area (Å²) in [6.07, 6.45) is -9.44. The third-order valence-electron chi connectivity index (χ3n) is 5.14. The van der Waals surface area contributed by atoms with Crippen LogP contribution in [-0.2, 0) is 17.1 Å².